The number of nitrogens with two attached hydrogens (primary N) is 1. The molecule has 3 rings (SSSR count). The first-order valence-electron chi connectivity index (χ1n) is 6.93. The van der Waals surface area contributed by atoms with Crippen LogP contribution < -0.4 is 10.5 Å². The lowest BCUT2D eigenvalue weighted by Gasteiger charge is -2.08. The summed E-state index contributed by atoms with van der Waals surface area (Å²) in [7, 11) is -3.92. The van der Waals surface area contributed by atoms with Crippen molar-refractivity contribution >= 4 is 26.8 Å². The van der Waals surface area contributed by atoms with Crippen LogP contribution in [-0.2, 0) is 16.6 Å². The van der Waals surface area contributed by atoms with Crippen molar-refractivity contribution < 1.29 is 13.2 Å². The van der Waals surface area contributed by atoms with E-state index in [1.165, 1.54) is 12.1 Å². The average molecular weight is 329 g/mol. The molecule has 0 aliphatic rings. The maximum Gasteiger partial charge on any atom is 0.265 e. The van der Waals surface area contributed by atoms with Gasteiger partial charge in [0.05, 0.1) is 4.90 Å². The number of nitrogens with one attached hydrogen (secondary N) is 2. The quantitative estimate of drug-likeness (QED) is 0.678. The Balaban J connectivity index is 1.84. The molecule has 4 N–H and O–H groups in total. The topological polar surface area (TPSA) is 105 Å². The Kier molecular flexibility index (Phi) is 3.89. The average Bonchev–Trinajstić information content (AvgIpc) is 3.02. The molecule has 3 aromatic rings. The lowest BCUT2D eigenvalue weighted by molar-refractivity contribution is 0.0981. The van der Waals surface area contributed by atoms with Gasteiger partial charge in [-0.3, -0.25) is 4.79 Å². The van der Waals surface area contributed by atoms with E-state index < -0.39 is 15.9 Å². The first-order chi connectivity index (χ1) is 11.0. The molecule has 0 aliphatic carbocycles. The zero-order chi connectivity index (χ0) is 16.4. The van der Waals surface area contributed by atoms with Crippen LogP contribution in [-0.4, -0.2) is 19.3 Å². The third-order valence-corrected chi connectivity index (χ3v) is 4.86. The lowest BCUT2D eigenvalue weighted by atomic mass is 10.1. The van der Waals surface area contributed by atoms with Crippen LogP contribution in [0.2, 0.25) is 0 Å². The Labute approximate surface area is 133 Å². The van der Waals surface area contributed by atoms with Crippen molar-refractivity contribution in [2.75, 3.05) is 0 Å². The summed E-state index contributed by atoms with van der Waals surface area (Å²) in [4.78, 5) is 15.2. The maximum absolute atomic E-state index is 12.3. The number of carbonyl (C=O) groups is 1. The monoisotopic (exact) mass is 329 g/mol. The van der Waals surface area contributed by atoms with Crippen LogP contribution in [0.3, 0.4) is 0 Å². The third kappa shape index (κ3) is 3.10. The fraction of sp³-hybridized carbons (Fsp3) is 0.0625. The summed E-state index contributed by atoms with van der Waals surface area (Å²) < 4.78 is 26.6. The first kappa shape index (κ1) is 15.3. The molecule has 23 heavy (non-hydrogen) atoms. The van der Waals surface area contributed by atoms with E-state index in [0.717, 1.165) is 16.5 Å². The maximum atomic E-state index is 12.3. The fourth-order valence-corrected chi connectivity index (χ4v) is 3.21. The van der Waals surface area contributed by atoms with Crippen LogP contribution >= 0.6 is 0 Å². The van der Waals surface area contributed by atoms with Gasteiger partial charge in [0, 0.05) is 23.8 Å². The highest BCUT2D eigenvalue weighted by Gasteiger charge is 2.18. The second-order valence-electron chi connectivity index (χ2n) is 5.06. The van der Waals surface area contributed by atoms with Gasteiger partial charge in [0.25, 0.3) is 15.9 Å². The smallest absolute Gasteiger partial charge is 0.265 e. The number of aromatic amines is 1. The van der Waals surface area contributed by atoms with E-state index in [-0.39, 0.29) is 10.5 Å². The number of hydrogen-bond acceptors (Lipinski definition) is 4. The van der Waals surface area contributed by atoms with E-state index in [0.29, 0.717) is 6.54 Å². The molecule has 2 aromatic carbocycles. The van der Waals surface area contributed by atoms with Crippen molar-refractivity contribution in [3.63, 3.8) is 0 Å². The second kappa shape index (κ2) is 5.86. The first-order valence-corrected chi connectivity index (χ1v) is 8.41. The molecule has 1 amide bonds. The summed E-state index contributed by atoms with van der Waals surface area (Å²) in [5.41, 5.74) is 7.32. The summed E-state index contributed by atoms with van der Waals surface area (Å²) in [6.45, 7) is 0.322. The summed E-state index contributed by atoms with van der Waals surface area (Å²) in [6, 6.07) is 12.9. The van der Waals surface area contributed by atoms with Crippen molar-refractivity contribution in [1.29, 1.82) is 0 Å². The van der Waals surface area contributed by atoms with Crippen LogP contribution in [0.15, 0.2) is 59.6 Å². The second-order valence-corrected chi connectivity index (χ2v) is 6.74. The summed E-state index contributed by atoms with van der Waals surface area (Å²) >= 11 is 0. The molecule has 1 heterocycles. The van der Waals surface area contributed by atoms with E-state index in [2.05, 4.69) is 9.71 Å². The van der Waals surface area contributed by atoms with E-state index in [1.54, 1.807) is 36.5 Å². The number of sulfonamides is 1. The molecule has 0 radical (unpaired) electrons. The lowest BCUT2D eigenvalue weighted by Crippen LogP contribution is -2.30. The SMILES string of the molecule is NCc1ccc(S(=O)(=O)NC(=O)c2ccc3cc[nH]c3c2)cc1. The summed E-state index contributed by atoms with van der Waals surface area (Å²) in [6.07, 6.45) is 1.75. The molecule has 0 saturated carbocycles. The Bertz CT molecular complexity index is 960. The van der Waals surface area contributed by atoms with Gasteiger partial charge in [0.15, 0.2) is 0 Å². The number of H-pyrrole nitrogens is 1. The molecular weight excluding hydrogens is 314 g/mol. The third-order valence-electron chi connectivity index (χ3n) is 3.51. The van der Waals surface area contributed by atoms with E-state index >= 15 is 0 Å². The highest BCUT2D eigenvalue weighted by molar-refractivity contribution is 7.90. The molecule has 0 fully saturated rings. The van der Waals surface area contributed by atoms with Gasteiger partial charge in [-0.15, -0.1) is 0 Å². The van der Waals surface area contributed by atoms with Gasteiger partial charge >= 0.3 is 0 Å². The molecule has 0 bridgehead atoms. The van der Waals surface area contributed by atoms with E-state index in [4.69, 9.17) is 5.73 Å². The van der Waals surface area contributed by atoms with Gasteiger partial charge in [-0.05, 0) is 41.3 Å². The van der Waals surface area contributed by atoms with Gasteiger partial charge in [0.1, 0.15) is 0 Å². The minimum absolute atomic E-state index is 0.0176. The molecule has 0 saturated heterocycles. The van der Waals surface area contributed by atoms with Crippen LogP contribution in [0.25, 0.3) is 10.9 Å². The normalized spacial score (nSPS) is 11.5. The number of aromatic nitrogens is 1. The molecule has 1 aromatic heterocycles. The number of hydrogen-bond donors (Lipinski definition) is 3. The summed E-state index contributed by atoms with van der Waals surface area (Å²) in [5.74, 6) is -0.676. The van der Waals surface area contributed by atoms with Gasteiger partial charge in [-0.25, -0.2) is 13.1 Å². The molecule has 0 spiro atoms. The van der Waals surface area contributed by atoms with Crippen molar-refractivity contribution in [2.24, 2.45) is 5.73 Å². The van der Waals surface area contributed by atoms with E-state index in [9.17, 15) is 13.2 Å². The molecule has 0 unspecified atom stereocenters. The number of benzene rings is 2. The molecule has 0 atom stereocenters. The van der Waals surface area contributed by atoms with Crippen molar-refractivity contribution in [2.45, 2.75) is 11.4 Å². The number of carbonyl (C=O) groups excluding carboxylic acids is 1. The van der Waals surface area contributed by atoms with Crippen LogP contribution in [0.1, 0.15) is 15.9 Å². The largest absolute Gasteiger partial charge is 0.361 e. The molecular formula is C16H15N3O3S. The fourth-order valence-electron chi connectivity index (χ4n) is 2.23. The van der Waals surface area contributed by atoms with Gasteiger partial charge < -0.3 is 10.7 Å². The predicted molar refractivity (Wildman–Crippen MR) is 87.3 cm³/mol. The standard InChI is InChI=1S/C16H15N3O3S/c17-10-11-1-5-14(6-2-11)23(21,22)19-16(20)13-4-3-12-7-8-18-15(12)9-13/h1-9,18H,10,17H2,(H,19,20). The zero-order valence-corrected chi connectivity index (χ0v) is 12.9. The van der Waals surface area contributed by atoms with Gasteiger partial charge in [-0.1, -0.05) is 18.2 Å². The Hall–Kier alpha value is -2.64. The van der Waals surface area contributed by atoms with Gasteiger partial charge in [0.2, 0.25) is 0 Å². The number of rotatable bonds is 4. The number of fused-ring (bicyclic) bond motifs is 1. The highest BCUT2D eigenvalue weighted by Crippen LogP contribution is 2.15. The predicted octanol–water partition coefficient (Wildman–Crippen LogP) is 1.75. The number of amides is 1. The molecule has 118 valence electrons. The van der Waals surface area contributed by atoms with Crippen molar-refractivity contribution in [1.82, 2.24) is 9.71 Å². The Morgan fingerprint density at radius 2 is 1.83 bits per heavy atom. The van der Waals surface area contributed by atoms with Crippen LogP contribution in [0, 0.1) is 0 Å². The zero-order valence-electron chi connectivity index (χ0n) is 12.1. The van der Waals surface area contributed by atoms with E-state index in [1.807, 2.05) is 6.07 Å². The minimum atomic E-state index is -3.92. The van der Waals surface area contributed by atoms with Gasteiger partial charge in [-0.2, -0.15) is 0 Å². The highest BCUT2D eigenvalue weighted by atomic mass is 32.2. The Morgan fingerprint density at radius 1 is 1.09 bits per heavy atom. The molecule has 6 nitrogen and oxygen atoms in total. The minimum Gasteiger partial charge on any atom is -0.361 e. The van der Waals surface area contributed by atoms with Crippen molar-refractivity contribution in [3.8, 4) is 0 Å². The van der Waals surface area contributed by atoms with Crippen molar-refractivity contribution in [3.05, 3.63) is 65.9 Å². The molecule has 7 heteroatoms. The Morgan fingerprint density at radius 3 is 2.52 bits per heavy atom. The molecule has 0 aliphatic heterocycles. The van der Waals surface area contributed by atoms with Crippen LogP contribution in [0.4, 0.5) is 0 Å². The van der Waals surface area contributed by atoms with Crippen LogP contribution in [0.5, 0.6) is 0 Å². The summed E-state index contributed by atoms with van der Waals surface area (Å²) in [5, 5.41) is 0.946.